The van der Waals surface area contributed by atoms with Crippen LogP contribution in [-0.2, 0) is 4.74 Å². The van der Waals surface area contributed by atoms with Crippen molar-refractivity contribution < 1.29 is 14.6 Å². The lowest BCUT2D eigenvalue weighted by atomic mass is 10.0. The lowest BCUT2D eigenvalue weighted by Gasteiger charge is -2.21. The minimum absolute atomic E-state index is 0.0497. The van der Waals surface area contributed by atoms with Gasteiger partial charge in [0.1, 0.15) is 6.61 Å². The predicted octanol–water partition coefficient (Wildman–Crippen LogP) is 1.43. The van der Waals surface area contributed by atoms with Crippen LogP contribution in [0.15, 0.2) is 24.3 Å². The molecule has 0 saturated carbocycles. The van der Waals surface area contributed by atoms with Gasteiger partial charge in [0, 0.05) is 12.7 Å². The van der Waals surface area contributed by atoms with Crippen LogP contribution in [0.5, 0.6) is 0 Å². The van der Waals surface area contributed by atoms with Gasteiger partial charge in [-0.1, -0.05) is 37.8 Å². The zero-order valence-corrected chi connectivity index (χ0v) is 12.1. The summed E-state index contributed by atoms with van der Waals surface area (Å²) in [5, 5.41) is 11.7. The van der Waals surface area contributed by atoms with Crippen LogP contribution in [0.1, 0.15) is 29.8 Å². The third-order valence-corrected chi connectivity index (χ3v) is 2.94. The van der Waals surface area contributed by atoms with Gasteiger partial charge in [0.15, 0.2) is 0 Å². The molecule has 0 aliphatic rings. The molecule has 0 fully saturated rings. The summed E-state index contributed by atoms with van der Waals surface area (Å²) >= 11 is 0. The Morgan fingerprint density at radius 2 is 2.10 bits per heavy atom. The van der Waals surface area contributed by atoms with Crippen LogP contribution in [0.25, 0.3) is 0 Å². The van der Waals surface area contributed by atoms with E-state index in [1.807, 2.05) is 19.9 Å². The van der Waals surface area contributed by atoms with Crippen molar-refractivity contribution in [3.8, 4) is 11.8 Å². The van der Waals surface area contributed by atoms with Crippen LogP contribution in [0.4, 0.5) is 0 Å². The Kier molecular flexibility index (Phi) is 6.78. The van der Waals surface area contributed by atoms with Crippen LogP contribution < -0.4 is 5.32 Å². The molecule has 1 aromatic rings. The molecule has 0 saturated heterocycles. The monoisotopic (exact) mass is 275 g/mol. The number of carbonyl (C=O) groups is 1. The van der Waals surface area contributed by atoms with E-state index in [9.17, 15) is 4.79 Å². The van der Waals surface area contributed by atoms with Gasteiger partial charge in [0.2, 0.25) is 0 Å². The normalized spacial score (nSPS) is 11.7. The lowest BCUT2D eigenvalue weighted by Crippen LogP contribution is -2.41. The number of amides is 1. The van der Waals surface area contributed by atoms with Crippen molar-refractivity contribution in [2.24, 2.45) is 5.92 Å². The van der Waals surface area contributed by atoms with E-state index in [-0.39, 0.29) is 24.5 Å². The maximum absolute atomic E-state index is 12.3. The highest BCUT2D eigenvalue weighted by Crippen LogP contribution is 2.09. The summed E-state index contributed by atoms with van der Waals surface area (Å²) in [7, 11) is 1.61. The van der Waals surface area contributed by atoms with Crippen LogP contribution in [0, 0.1) is 17.8 Å². The molecular weight excluding hydrogens is 254 g/mol. The first-order chi connectivity index (χ1) is 9.60. The molecule has 108 valence electrons. The molecule has 0 heterocycles. The smallest absolute Gasteiger partial charge is 0.252 e. The Bertz CT molecular complexity index is 500. The summed E-state index contributed by atoms with van der Waals surface area (Å²) in [5.41, 5.74) is 1.12. The van der Waals surface area contributed by atoms with E-state index in [2.05, 4.69) is 17.2 Å². The summed E-state index contributed by atoms with van der Waals surface area (Å²) in [6.45, 7) is 4.30. The molecule has 0 aliphatic heterocycles. The van der Waals surface area contributed by atoms with Gasteiger partial charge in [0.05, 0.1) is 18.2 Å². The van der Waals surface area contributed by atoms with E-state index in [0.29, 0.717) is 17.7 Å². The van der Waals surface area contributed by atoms with Crippen molar-refractivity contribution >= 4 is 5.91 Å². The second-order valence-corrected chi connectivity index (χ2v) is 4.78. The largest absolute Gasteiger partial charge is 0.384 e. The summed E-state index contributed by atoms with van der Waals surface area (Å²) in [6.07, 6.45) is 0. The van der Waals surface area contributed by atoms with Gasteiger partial charge in [-0.25, -0.2) is 0 Å². The molecule has 0 spiro atoms. The minimum atomic E-state index is -0.228. The average Bonchev–Trinajstić information content (AvgIpc) is 2.44. The van der Waals surface area contributed by atoms with Gasteiger partial charge < -0.3 is 15.2 Å². The van der Waals surface area contributed by atoms with E-state index >= 15 is 0 Å². The molecule has 0 aromatic heterocycles. The van der Waals surface area contributed by atoms with Crippen molar-refractivity contribution in [2.75, 3.05) is 20.3 Å². The number of nitrogens with one attached hydrogen (secondary N) is 1. The number of aliphatic hydroxyl groups excluding tert-OH is 1. The molecular formula is C16H21NO3. The molecule has 1 amide bonds. The van der Waals surface area contributed by atoms with E-state index in [0.717, 1.165) is 0 Å². The molecule has 4 nitrogen and oxygen atoms in total. The Labute approximate surface area is 120 Å². The predicted molar refractivity (Wildman–Crippen MR) is 78.4 cm³/mol. The number of rotatable bonds is 5. The maximum atomic E-state index is 12.3. The Hall–Kier alpha value is -1.83. The van der Waals surface area contributed by atoms with Gasteiger partial charge in [-0.3, -0.25) is 4.79 Å². The summed E-state index contributed by atoms with van der Waals surface area (Å²) in [4.78, 5) is 12.3. The van der Waals surface area contributed by atoms with Gasteiger partial charge in [0.25, 0.3) is 5.91 Å². The Balaban J connectivity index is 2.91. The van der Waals surface area contributed by atoms with E-state index in [4.69, 9.17) is 9.84 Å². The van der Waals surface area contributed by atoms with E-state index < -0.39 is 0 Å². The summed E-state index contributed by atoms with van der Waals surface area (Å²) in [5.74, 6) is 5.44. The maximum Gasteiger partial charge on any atom is 0.252 e. The quantitative estimate of drug-likeness (QED) is 0.799. The zero-order chi connectivity index (χ0) is 15.0. The van der Waals surface area contributed by atoms with Gasteiger partial charge in [-0.2, -0.15) is 0 Å². The topological polar surface area (TPSA) is 58.6 Å². The van der Waals surface area contributed by atoms with Gasteiger partial charge in [-0.05, 0) is 18.1 Å². The number of hydrogen-bond acceptors (Lipinski definition) is 3. The van der Waals surface area contributed by atoms with E-state index in [1.54, 1.807) is 25.3 Å². The highest BCUT2D eigenvalue weighted by molar-refractivity contribution is 5.96. The van der Waals surface area contributed by atoms with Crippen molar-refractivity contribution in [2.45, 2.75) is 19.9 Å². The second kappa shape index (κ2) is 8.36. The fourth-order valence-corrected chi connectivity index (χ4v) is 1.75. The SMILES string of the molecule is COCC(NC(=O)c1ccccc1C#CCO)C(C)C. The minimum Gasteiger partial charge on any atom is -0.384 e. The molecule has 1 atom stereocenters. The lowest BCUT2D eigenvalue weighted by molar-refractivity contribution is 0.0866. The first kappa shape index (κ1) is 16.2. The Morgan fingerprint density at radius 1 is 1.40 bits per heavy atom. The highest BCUT2D eigenvalue weighted by atomic mass is 16.5. The molecule has 1 rings (SSSR count). The van der Waals surface area contributed by atoms with Crippen molar-refractivity contribution in [3.63, 3.8) is 0 Å². The first-order valence-electron chi connectivity index (χ1n) is 6.58. The second-order valence-electron chi connectivity index (χ2n) is 4.78. The number of methoxy groups -OCH3 is 1. The summed E-state index contributed by atoms with van der Waals surface area (Å²) < 4.78 is 5.12. The van der Waals surface area contributed by atoms with Gasteiger partial charge in [-0.15, -0.1) is 0 Å². The Morgan fingerprint density at radius 3 is 2.70 bits per heavy atom. The van der Waals surface area contributed by atoms with Crippen LogP contribution in [0.3, 0.4) is 0 Å². The molecule has 0 bridgehead atoms. The highest BCUT2D eigenvalue weighted by Gasteiger charge is 2.18. The number of carbonyl (C=O) groups excluding carboxylic acids is 1. The average molecular weight is 275 g/mol. The van der Waals surface area contributed by atoms with Crippen LogP contribution in [0.2, 0.25) is 0 Å². The van der Waals surface area contributed by atoms with Crippen molar-refractivity contribution in [1.29, 1.82) is 0 Å². The number of hydrogen-bond donors (Lipinski definition) is 2. The molecule has 20 heavy (non-hydrogen) atoms. The van der Waals surface area contributed by atoms with Crippen molar-refractivity contribution in [1.82, 2.24) is 5.32 Å². The molecule has 0 aliphatic carbocycles. The number of aliphatic hydroxyl groups is 1. The molecule has 0 radical (unpaired) electrons. The summed E-state index contributed by atoms with van der Waals surface area (Å²) in [6, 6.07) is 7.04. The number of benzene rings is 1. The zero-order valence-electron chi connectivity index (χ0n) is 12.1. The van der Waals surface area contributed by atoms with Gasteiger partial charge >= 0.3 is 0 Å². The molecule has 4 heteroatoms. The number of ether oxygens (including phenoxy) is 1. The van der Waals surface area contributed by atoms with Crippen LogP contribution >= 0.6 is 0 Å². The third kappa shape index (κ3) is 4.69. The first-order valence-corrected chi connectivity index (χ1v) is 6.58. The third-order valence-electron chi connectivity index (χ3n) is 2.94. The van der Waals surface area contributed by atoms with Crippen molar-refractivity contribution in [3.05, 3.63) is 35.4 Å². The van der Waals surface area contributed by atoms with E-state index in [1.165, 1.54) is 0 Å². The molecule has 2 N–H and O–H groups in total. The molecule has 1 unspecified atom stereocenters. The fraction of sp³-hybridized carbons (Fsp3) is 0.438. The standard InChI is InChI=1S/C16H21NO3/c1-12(2)15(11-20-3)17-16(19)14-9-5-4-7-13(14)8-6-10-18/h4-5,7,9,12,15,18H,10-11H2,1-3H3,(H,17,19). The van der Waals surface area contributed by atoms with Crippen LogP contribution in [-0.4, -0.2) is 37.4 Å². The fourth-order valence-electron chi connectivity index (χ4n) is 1.75. The molecule has 1 aromatic carbocycles.